The lowest BCUT2D eigenvalue weighted by molar-refractivity contribution is 0.833. The largest absolute Gasteiger partial charge is 0.233 e. The molecule has 0 bridgehead atoms. The van der Waals surface area contributed by atoms with Gasteiger partial charge < -0.3 is 0 Å². The molecule has 2 aromatic carbocycles. The van der Waals surface area contributed by atoms with Crippen molar-refractivity contribution in [1.82, 2.24) is 0 Å². The molecule has 19 heavy (non-hydrogen) atoms. The summed E-state index contributed by atoms with van der Waals surface area (Å²) in [6.07, 6.45) is 2.30. The van der Waals surface area contributed by atoms with Crippen LogP contribution in [0.2, 0.25) is 0 Å². The van der Waals surface area contributed by atoms with Gasteiger partial charge in [-0.3, -0.25) is 0 Å². The minimum Gasteiger partial charge on any atom is -0.109 e. The van der Waals surface area contributed by atoms with Crippen molar-refractivity contribution < 1.29 is 0 Å². The Balaban J connectivity index is 2.44. The van der Waals surface area contributed by atoms with Crippen molar-refractivity contribution in [2.24, 2.45) is 5.92 Å². The first-order chi connectivity index (χ1) is 9.18. The summed E-state index contributed by atoms with van der Waals surface area (Å²) in [5.74, 6) is 2.91. The summed E-state index contributed by atoms with van der Waals surface area (Å²) in [6, 6.07) is 19.4. The average molecular weight is 248 g/mol. The van der Waals surface area contributed by atoms with Gasteiger partial charge in [0, 0.05) is 0 Å². The number of rotatable bonds is 4. The van der Waals surface area contributed by atoms with E-state index in [-0.39, 0.29) is 0 Å². The Morgan fingerprint density at radius 1 is 0.895 bits per heavy atom. The van der Waals surface area contributed by atoms with Crippen LogP contribution in [0, 0.1) is 12.8 Å². The summed E-state index contributed by atoms with van der Waals surface area (Å²) >= 11 is 0. The van der Waals surface area contributed by atoms with Crippen molar-refractivity contribution >= 4 is 17.6 Å². The Labute approximate surface area is 117 Å². The van der Waals surface area contributed by atoms with Crippen molar-refractivity contribution in [3.8, 4) is 0 Å². The SMILES string of the molecule is Cc1ccccc1B(C=CC(C)C)c1ccccc1. The predicted molar refractivity (Wildman–Crippen MR) is 86.6 cm³/mol. The minimum absolute atomic E-state index is 0.352. The highest BCUT2D eigenvalue weighted by molar-refractivity contribution is 6.89. The molecule has 0 atom stereocenters. The molecule has 0 fully saturated rings. The van der Waals surface area contributed by atoms with Gasteiger partial charge in [0.25, 0.3) is 0 Å². The first kappa shape index (κ1) is 13.7. The van der Waals surface area contributed by atoms with Crippen LogP contribution in [0.5, 0.6) is 0 Å². The molecule has 1 heteroatoms. The Morgan fingerprint density at radius 3 is 2.16 bits per heavy atom. The van der Waals surface area contributed by atoms with Gasteiger partial charge in [0.15, 0.2) is 0 Å². The molecule has 2 aromatic rings. The second kappa shape index (κ2) is 6.42. The standard InChI is InChI=1S/C18H21B/c1-15(2)13-14-19(17-10-5-4-6-11-17)18-12-8-7-9-16(18)3/h4-15H,1-3H3. The number of allylic oxidation sites excluding steroid dienone is 1. The maximum Gasteiger partial charge on any atom is 0.233 e. The normalized spacial score (nSPS) is 11.2. The molecule has 0 heterocycles. The lowest BCUT2D eigenvalue weighted by atomic mass is 9.40. The molecule has 0 unspecified atom stereocenters. The van der Waals surface area contributed by atoms with Gasteiger partial charge in [0.1, 0.15) is 0 Å². The van der Waals surface area contributed by atoms with Crippen LogP contribution >= 0.6 is 0 Å². The zero-order chi connectivity index (χ0) is 13.7. The number of hydrogen-bond acceptors (Lipinski definition) is 0. The Kier molecular flexibility index (Phi) is 4.62. The second-order valence-electron chi connectivity index (χ2n) is 5.37. The van der Waals surface area contributed by atoms with E-state index >= 15 is 0 Å². The maximum atomic E-state index is 2.34. The fourth-order valence-electron chi connectivity index (χ4n) is 2.32. The van der Waals surface area contributed by atoms with Crippen molar-refractivity contribution in [3.63, 3.8) is 0 Å². The van der Waals surface area contributed by atoms with Crippen LogP contribution in [-0.2, 0) is 0 Å². The highest BCUT2D eigenvalue weighted by Gasteiger charge is 2.17. The molecule has 0 aliphatic heterocycles. The number of aryl methyl sites for hydroxylation is 1. The molecule has 0 saturated heterocycles. The van der Waals surface area contributed by atoms with Crippen molar-refractivity contribution in [2.45, 2.75) is 20.8 Å². The zero-order valence-electron chi connectivity index (χ0n) is 12.0. The molecule has 0 aliphatic carbocycles. The molecule has 0 aromatic heterocycles. The van der Waals surface area contributed by atoms with Gasteiger partial charge in [-0.2, -0.15) is 0 Å². The lowest BCUT2D eigenvalue weighted by Crippen LogP contribution is -2.42. The Bertz CT molecular complexity index is 541. The van der Waals surface area contributed by atoms with E-state index in [4.69, 9.17) is 0 Å². The van der Waals surface area contributed by atoms with E-state index in [1.165, 1.54) is 16.5 Å². The topological polar surface area (TPSA) is 0 Å². The molecule has 96 valence electrons. The Hall–Kier alpha value is -1.76. The van der Waals surface area contributed by atoms with Gasteiger partial charge in [0.2, 0.25) is 6.71 Å². The van der Waals surface area contributed by atoms with Crippen LogP contribution < -0.4 is 10.9 Å². The molecule has 0 nitrogen and oxygen atoms in total. The quantitative estimate of drug-likeness (QED) is 0.728. The highest BCUT2D eigenvalue weighted by atomic mass is 14.0. The summed E-state index contributed by atoms with van der Waals surface area (Å²) in [6.45, 7) is 6.98. The van der Waals surface area contributed by atoms with Gasteiger partial charge in [-0.15, -0.1) is 5.98 Å². The maximum absolute atomic E-state index is 2.34. The summed E-state index contributed by atoms with van der Waals surface area (Å²) in [5.41, 5.74) is 4.10. The molecule has 0 saturated carbocycles. The van der Waals surface area contributed by atoms with E-state index in [9.17, 15) is 0 Å². The third-order valence-corrected chi connectivity index (χ3v) is 3.37. The van der Waals surface area contributed by atoms with E-state index in [1.54, 1.807) is 0 Å². The zero-order valence-corrected chi connectivity index (χ0v) is 12.0. The summed E-state index contributed by atoms with van der Waals surface area (Å²) in [4.78, 5) is 0. The van der Waals surface area contributed by atoms with E-state index in [1.807, 2.05) is 0 Å². The third-order valence-electron chi connectivity index (χ3n) is 3.37. The highest BCUT2D eigenvalue weighted by Crippen LogP contribution is 2.02. The molecule has 0 amide bonds. The molecule has 0 spiro atoms. The van der Waals surface area contributed by atoms with Gasteiger partial charge in [-0.05, 0) is 12.8 Å². The predicted octanol–water partition coefficient (Wildman–Crippen LogP) is 3.36. The molecular formula is C18H21B. The smallest absolute Gasteiger partial charge is 0.109 e. The Morgan fingerprint density at radius 2 is 1.53 bits per heavy atom. The van der Waals surface area contributed by atoms with Crippen LogP contribution in [0.3, 0.4) is 0 Å². The van der Waals surface area contributed by atoms with E-state index in [0.717, 1.165) is 0 Å². The number of benzene rings is 2. The van der Waals surface area contributed by atoms with E-state index in [2.05, 4.69) is 87.4 Å². The monoisotopic (exact) mass is 248 g/mol. The molecule has 0 N–H and O–H groups in total. The van der Waals surface area contributed by atoms with Crippen LogP contribution in [0.15, 0.2) is 66.6 Å². The van der Waals surface area contributed by atoms with Gasteiger partial charge >= 0.3 is 0 Å². The summed E-state index contributed by atoms with van der Waals surface area (Å²) < 4.78 is 0. The minimum atomic E-state index is 0.352. The third kappa shape index (κ3) is 3.60. The van der Waals surface area contributed by atoms with Gasteiger partial charge in [-0.25, -0.2) is 0 Å². The molecular weight excluding hydrogens is 227 g/mol. The second-order valence-corrected chi connectivity index (χ2v) is 5.37. The van der Waals surface area contributed by atoms with Gasteiger partial charge in [-0.1, -0.05) is 91.0 Å². The van der Waals surface area contributed by atoms with Gasteiger partial charge in [0.05, 0.1) is 0 Å². The first-order valence-corrected chi connectivity index (χ1v) is 6.97. The van der Waals surface area contributed by atoms with Crippen molar-refractivity contribution in [2.75, 3.05) is 0 Å². The van der Waals surface area contributed by atoms with Crippen molar-refractivity contribution in [3.05, 3.63) is 72.2 Å². The molecule has 0 aliphatic rings. The fourth-order valence-corrected chi connectivity index (χ4v) is 2.32. The first-order valence-electron chi connectivity index (χ1n) is 6.97. The fraction of sp³-hybridized carbons (Fsp3) is 0.222. The lowest BCUT2D eigenvalue weighted by Gasteiger charge is -2.13. The summed E-state index contributed by atoms with van der Waals surface area (Å²) in [7, 11) is 0. The van der Waals surface area contributed by atoms with Crippen LogP contribution in [0.25, 0.3) is 0 Å². The van der Waals surface area contributed by atoms with E-state index < -0.39 is 0 Å². The number of hydrogen-bond donors (Lipinski definition) is 0. The molecule has 0 radical (unpaired) electrons. The van der Waals surface area contributed by atoms with Crippen LogP contribution in [0.1, 0.15) is 19.4 Å². The summed E-state index contributed by atoms with van der Waals surface area (Å²) in [5, 5.41) is 0. The van der Waals surface area contributed by atoms with E-state index in [0.29, 0.717) is 12.6 Å². The van der Waals surface area contributed by atoms with Crippen LogP contribution in [-0.4, -0.2) is 6.71 Å². The van der Waals surface area contributed by atoms with Crippen LogP contribution in [0.4, 0.5) is 0 Å². The average Bonchev–Trinajstić information content (AvgIpc) is 2.42. The van der Waals surface area contributed by atoms with Crippen molar-refractivity contribution in [1.29, 1.82) is 0 Å². The molecule has 2 rings (SSSR count).